The van der Waals surface area contributed by atoms with Crippen LogP contribution in [0.15, 0.2) is 16.8 Å². The van der Waals surface area contributed by atoms with Gasteiger partial charge in [0.15, 0.2) is 0 Å². The maximum absolute atomic E-state index is 14.4. The van der Waals surface area contributed by atoms with Gasteiger partial charge in [0.25, 0.3) is 0 Å². The second-order valence-electron chi connectivity index (χ2n) is 10.6. The van der Waals surface area contributed by atoms with Crippen LogP contribution in [0.5, 0.6) is 0 Å². The van der Waals surface area contributed by atoms with Gasteiger partial charge in [-0.1, -0.05) is 12.6 Å². The van der Waals surface area contributed by atoms with Gasteiger partial charge in [0.05, 0.1) is 8.07 Å². The van der Waals surface area contributed by atoms with Crippen LogP contribution in [-0.4, -0.2) is 79.7 Å². The van der Waals surface area contributed by atoms with Gasteiger partial charge in [0.1, 0.15) is 0 Å². The summed E-state index contributed by atoms with van der Waals surface area (Å²) in [5.74, 6) is -78.8. The molecule has 0 amide bonds. The van der Waals surface area contributed by atoms with Crippen LogP contribution in [0.3, 0.4) is 0 Å². The van der Waals surface area contributed by atoms with Crippen LogP contribution in [0.1, 0.15) is 12.8 Å². The van der Waals surface area contributed by atoms with Crippen molar-refractivity contribution >= 4 is 24.6 Å². The fourth-order valence-electron chi connectivity index (χ4n) is 3.81. The van der Waals surface area contributed by atoms with Crippen molar-refractivity contribution in [2.45, 2.75) is 103 Å². The molecule has 28 heteroatoms. The van der Waals surface area contributed by atoms with Gasteiger partial charge in [-0.05, 0) is 28.0 Å². The molecule has 0 saturated carbocycles. The Kier molecular flexibility index (Phi) is 11.4. The number of hydrogen-bond donors (Lipinski definition) is 0. The van der Waals surface area contributed by atoms with E-state index in [0.717, 1.165) is 5.38 Å². The van der Waals surface area contributed by atoms with Gasteiger partial charge in [0.2, 0.25) is 0 Å². The quantitative estimate of drug-likeness (QED) is 0.122. The van der Waals surface area contributed by atoms with Crippen LogP contribution in [0.4, 0.5) is 114 Å². The van der Waals surface area contributed by atoms with Gasteiger partial charge >= 0.3 is 71.6 Å². The van der Waals surface area contributed by atoms with Gasteiger partial charge in [-0.25, -0.2) is 0 Å². The van der Waals surface area contributed by atoms with Crippen molar-refractivity contribution in [2.24, 2.45) is 0 Å². The van der Waals surface area contributed by atoms with Crippen LogP contribution in [0.25, 0.3) is 0 Å². The molecule has 0 radical (unpaired) electrons. The van der Waals surface area contributed by atoms with E-state index < -0.39 is 110 Å². The standard InChI is InChI=1S/C21H14F26SSi/c1-49(9-2-5-48-8-9,6-3-10(22,23)12(26,27)14(30,31)16(34,35)18(38,39)20(42,43)44)7-4-11(24,25)13(28,29)15(32,33)17(36,37)19(40,41)21(45,46)47/h2,5,8H,3-4,6-7H2,1H3. The van der Waals surface area contributed by atoms with E-state index in [-0.39, 0.29) is 0 Å². The molecule has 0 N–H and O–H groups in total. The minimum absolute atomic E-state index is 0.368. The predicted molar refractivity (Wildman–Crippen MR) is 116 cm³/mol. The Hall–Kier alpha value is -1.90. The lowest BCUT2D eigenvalue weighted by Gasteiger charge is -2.41. The second kappa shape index (κ2) is 12.4. The van der Waals surface area contributed by atoms with E-state index >= 15 is 0 Å². The lowest BCUT2D eigenvalue weighted by Crippen LogP contribution is -2.70. The topological polar surface area (TPSA) is 0 Å². The van der Waals surface area contributed by atoms with Crippen molar-refractivity contribution in [1.82, 2.24) is 0 Å². The summed E-state index contributed by atoms with van der Waals surface area (Å²) in [6.07, 6.45) is -21.7. The lowest BCUT2D eigenvalue weighted by molar-refractivity contribution is -0.440. The molecule has 1 rings (SSSR count). The number of thiophene rings is 1. The monoisotopic (exact) mass is 820 g/mol. The molecule has 0 aliphatic rings. The van der Waals surface area contributed by atoms with Gasteiger partial charge in [0, 0.05) is 12.8 Å². The molecule has 1 heterocycles. The molecule has 0 nitrogen and oxygen atoms in total. The molecule has 290 valence electrons. The van der Waals surface area contributed by atoms with Crippen molar-refractivity contribution in [3.05, 3.63) is 16.8 Å². The maximum atomic E-state index is 14.4. The lowest BCUT2D eigenvalue weighted by atomic mass is 9.93. The van der Waals surface area contributed by atoms with Gasteiger partial charge < -0.3 is 0 Å². The minimum atomic E-state index is -8.33. The first-order chi connectivity index (χ1) is 21.0. The van der Waals surface area contributed by atoms with Gasteiger partial charge in [-0.2, -0.15) is 125 Å². The molecule has 0 saturated heterocycles. The van der Waals surface area contributed by atoms with Crippen LogP contribution in [-0.2, 0) is 0 Å². The van der Waals surface area contributed by atoms with Gasteiger partial charge in [-0.3, -0.25) is 0 Å². The van der Waals surface area contributed by atoms with Crippen molar-refractivity contribution in [3.8, 4) is 0 Å². The maximum Gasteiger partial charge on any atom is 0.460 e. The first-order valence-corrected chi connectivity index (χ1v) is 15.8. The molecule has 0 aliphatic heterocycles. The highest BCUT2D eigenvalue weighted by atomic mass is 32.1. The molecule has 0 spiro atoms. The average Bonchev–Trinajstić information content (AvgIpc) is 3.44. The van der Waals surface area contributed by atoms with E-state index in [2.05, 4.69) is 0 Å². The molecule has 0 aromatic carbocycles. The van der Waals surface area contributed by atoms with Crippen LogP contribution >= 0.6 is 11.3 Å². The smallest absolute Gasteiger partial charge is 0.200 e. The third-order valence-electron chi connectivity index (χ3n) is 7.20. The Morgan fingerprint density at radius 3 is 0.918 bits per heavy atom. The first kappa shape index (κ1) is 45.1. The van der Waals surface area contributed by atoms with E-state index in [0.29, 0.717) is 29.3 Å². The number of rotatable bonds is 15. The molecular formula is C21H14F26SSi. The summed E-state index contributed by atoms with van der Waals surface area (Å²) in [6, 6.07) is -3.46. The third kappa shape index (κ3) is 6.77. The largest absolute Gasteiger partial charge is 0.460 e. The van der Waals surface area contributed by atoms with Crippen molar-refractivity contribution in [1.29, 1.82) is 0 Å². The van der Waals surface area contributed by atoms with Crippen LogP contribution in [0, 0.1) is 0 Å². The van der Waals surface area contributed by atoms with E-state index in [4.69, 9.17) is 0 Å². The molecular weight excluding hydrogens is 806 g/mol. The summed E-state index contributed by atoms with van der Waals surface area (Å²) in [5.41, 5.74) is 0. The van der Waals surface area contributed by atoms with Gasteiger partial charge in [-0.15, -0.1) is 0 Å². The van der Waals surface area contributed by atoms with E-state index in [9.17, 15) is 114 Å². The second-order valence-corrected chi connectivity index (χ2v) is 16.1. The van der Waals surface area contributed by atoms with E-state index in [1.807, 2.05) is 0 Å². The Morgan fingerprint density at radius 2 is 0.694 bits per heavy atom. The summed E-state index contributed by atoms with van der Waals surface area (Å²) in [7, 11) is -4.93. The SMILES string of the molecule is C[Si](CCC(F)(F)C(F)(F)C(F)(F)C(F)(F)C(F)(F)C(F)(F)F)(CCC(F)(F)C(F)(F)C(F)(F)C(F)(F)C(F)(F)C(F)(F)F)c1ccsc1. The van der Waals surface area contributed by atoms with Crippen LogP contribution in [0.2, 0.25) is 18.6 Å². The van der Waals surface area contributed by atoms with Crippen LogP contribution < -0.4 is 5.19 Å². The third-order valence-corrected chi connectivity index (χ3v) is 12.5. The predicted octanol–water partition coefficient (Wildman–Crippen LogP) is 11.3. The molecule has 0 bridgehead atoms. The summed E-state index contributed by atoms with van der Waals surface area (Å²) < 4.78 is 348. The highest BCUT2D eigenvalue weighted by molar-refractivity contribution is 7.10. The number of alkyl halides is 26. The summed E-state index contributed by atoms with van der Waals surface area (Å²) >= 11 is 0.415. The number of hydrogen-bond acceptors (Lipinski definition) is 1. The van der Waals surface area contributed by atoms with Crippen molar-refractivity contribution in [2.75, 3.05) is 0 Å². The highest BCUT2D eigenvalue weighted by Gasteiger charge is 2.92. The normalized spacial score (nSPS) is 16.4. The molecule has 0 atom stereocenters. The Labute approximate surface area is 259 Å². The van der Waals surface area contributed by atoms with Crippen molar-refractivity contribution < 1.29 is 114 Å². The fourth-order valence-corrected chi connectivity index (χ4v) is 8.84. The van der Waals surface area contributed by atoms with Crippen molar-refractivity contribution in [3.63, 3.8) is 0 Å². The molecule has 0 unspecified atom stereocenters. The summed E-state index contributed by atoms with van der Waals surface area (Å²) in [4.78, 5) is 0. The fraction of sp³-hybridized carbons (Fsp3) is 0.810. The molecule has 0 aliphatic carbocycles. The van der Waals surface area contributed by atoms with E-state index in [1.165, 1.54) is 0 Å². The summed E-state index contributed by atoms with van der Waals surface area (Å²) in [6.45, 7) is 0.368. The highest BCUT2D eigenvalue weighted by Crippen LogP contribution is 2.63. The molecule has 1 aromatic rings. The zero-order valence-corrected chi connectivity index (χ0v) is 24.6. The Balaban J connectivity index is 3.56. The Bertz CT molecular complexity index is 1190. The zero-order chi connectivity index (χ0) is 39.7. The molecule has 1 aromatic heterocycles. The van der Waals surface area contributed by atoms with E-state index in [1.54, 1.807) is 0 Å². The zero-order valence-electron chi connectivity index (χ0n) is 22.8. The minimum Gasteiger partial charge on any atom is -0.200 e. The Morgan fingerprint density at radius 1 is 0.429 bits per heavy atom. The molecule has 49 heavy (non-hydrogen) atoms. The average molecular weight is 820 g/mol. The summed E-state index contributed by atoms with van der Waals surface area (Å²) in [5, 5.41) is 0.831. The number of halogens is 26. The molecule has 0 fully saturated rings. The first-order valence-electron chi connectivity index (χ1n) is 12.0.